The SMILES string of the molecule is CCc1c(C(=O)O)sc2nc(-c3ccc(C)c(C)c3)c(C)n12. The van der Waals surface area contributed by atoms with Crippen LogP contribution in [0.25, 0.3) is 16.2 Å². The molecule has 1 N–H and O–H groups in total. The normalized spacial score (nSPS) is 11.3. The van der Waals surface area contributed by atoms with Crippen LogP contribution < -0.4 is 0 Å². The third kappa shape index (κ3) is 2.13. The molecule has 0 aliphatic rings. The molecule has 2 heterocycles. The molecule has 0 bridgehead atoms. The molecular weight excluding hydrogens is 296 g/mol. The van der Waals surface area contributed by atoms with Gasteiger partial charge in [-0.25, -0.2) is 9.78 Å². The second kappa shape index (κ2) is 5.25. The van der Waals surface area contributed by atoms with E-state index in [1.54, 1.807) is 0 Å². The Morgan fingerprint density at radius 1 is 1.27 bits per heavy atom. The Bertz CT molecular complexity index is 890. The number of hydrogen-bond donors (Lipinski definition) is 1. The molecule has 0 spiro atoms. The van der Waals surface area contributed by atoms with Gasteiger partial charge in [0.05, 0.1) is 5.69 Å². The molecule has 0 aliphatic carbocycles. The predicted octanol–water partition coefficient (Wildman–Crippen LogP) is 4.25. The smallest absolute Gasteiger partial charge is 0.347 e. The third-order valence-electron chi connectivity index (χ3n) is 4.11. The summed E-state index contributed by atoms with van der Waals surface area (Å²) < 4.78 is 1.98. The van der Waals surface area contributed by atoms with E-state index in [1.807, 2.05) is 18.2 Å². The van der Waals surface area contributed by atoms with Gasteiger partial charge in [-0.05, 0) is 44.4 Å². The first kappa shape index (κ1) is 14.8. The number of aryl methyl sites for hydroxylation is 4. The molecule has 5 heteroatoms. The Kier molecular flexibility index (Phi) is 3.53. The maximum atomic E-state index is 11.4. The molecule has 0 radical (unpaired) electrons. The zero-order chi connectivity index (χ0) is 16.0. The van der Waals surface area contributed by atoms with Gasteiger partial charge in [-0.1, -0.05) is 30.4 Å². The molecule has 0 saturated heterocycles. The van der Waals surface area contributed by atoms with Crippen molar-refractivity contribution < 1.29 is 9.90 Å². The lowest BCUT2D eigenvalue weighted by Gasteiger charge is -2.05. The van der Waals surface area contributed by atoms with Crippen LogP contribution in [0.2, 0.25) is 0 Å². The fraction of sp³-hybridized carbons (Fsp3) is 0.294. The zero-order valence-corrected chi connectivity index (χ0v) is 13.9. The fourth-order valence-corrected chi connectivity index (χ4v) is 3.86. The van der Waals surface area contributed by atoms with E-state index in [0.717, 1.165) is 27.6 Å². The minimum atomic E-state index is -0.875. The molecular formula is C17H18N2O2S. The van der Waals surface area contributed by atoms with Crippen LogP contribution in [-0.2, 0) is 6.42 Å². The van der Waals surface area contributed by atoms with Crippen LogP contribution in [0.4, 0.5) is 0 Å². The van der Waals surface area contributed by atoms with Crippen molar-refractivity contribution in [3.05, 3.63) is 45.6 Å². The number of carboxylic acid groups (broad SMARTS) is 1. The number of aromatic nitrogens is 2. The van der Waals surface area contributed by atoms with Gasteiger partial charge in [0.1, 0.15) is 4.88 Å². The van der Waals surface area contributed by atoms with E-state index in [9.17, 15) is 9.90 Å². The largest absolute Gasteiger partial charge is 0.477 e. The predicted molar refractivity (Wildman–Crippen MR) is 89.1 cm³/mol. The number of fused-ring (bicyclic) bond motifs is 1. The second-order valence-electron chi connectivity index (χ2n) is 5.50. The van der Waals surface area contributed by atoms with Gasteiger partial charge in [0.15, 0.2) is 4.96 Å². The number of carbonyl (C=O) groups is 1. The van der Waals surface area contributed by atoms with Gasteiger partial charge in [-0.3, -0.25) is 4.40 Å². The maximum absolute atomic E-state index is 11.4. The first-order chi connectivity index (χ1) is 10.4. The van der Waals surface area contributed by atoms with Gasteiger partial charge in [-0.15, -0.1) is 0 Å². The van der Waals surface area contributed by atoms with E-state index >= 15 is 0 Å². The lowest BCUT2D eigenvalue weighted by molar-refractivity contribution is 0.0700. The summed E-state index contributed by atoms with van der Waals surface area (Å²) in [5.74, 6) is -0.875. The van der Waals surface area contributed by atoms with Gasteiger partial charge in [-0.2, -0.15) is 0 Å². The summed E-state index contributed by atoms with van der Waals surface area (Å²) in [7, 11) is 0. The first-order valence-electron chi connectivity index (χ1n) is 7.25. The van der Waals surface area contributed by atoms with Crippen molar-refractivity contribution in [2.24, 2.45) is 0 Å². The average molecular weight is 314 g/mol. The lowest BCUT2D eigenvalue weighted by Crippen LogP contribution is -2.01. The van der Waals surface area contributed by atoms with Crippen molar-refractivity contribution in [2.45, 2.75) is 34.1 Å². The summed E-state index contributed by atoms with van der Waals surface area (Å²) in [5.41, 5.74) is 6.32. The highest BCUT2D eigenvalue weighted by Gasteiger charge is 2.21. The number of rotatable bonds is 3. The van der Waals surface area contributed by atoms with Gasteiger partial charge < -0.3 is 5.11 Å². The van der Waals surface area contributed by atoms with Crippen LogP contribution in [0, 0.1) is 20.8 Å². The van der Waals surface area contributed by atoms with Gasteiger partial charge >= 0.3 is 5.97 Å². The van der Waals surface area contributed by atoms with Crippen LogP contribution in [0.1, 0.15) is 39.1 Å². The summed E-state index contributed by atoms with van der Waals surface area (Å²) in [6.07, 6.45) is 0.672. The molecule has 0 unspecified atom stereocenters. The zero-order valence-electron chi connectivity index (χ0n) is 13.1. The molecule has 2 aromatic heterocycles. The van der Waals surface area contributed by atoms with E-state index < -0.39 is 5.97 Å². The van der Waals surface area contributed by atoms with E-state index in [0.29, 0.717) is 11.3 Å². The van der Waals surface area contributed by atoms with Crippen LogP contribution in [0.15, 0.2) is 18.2 Å². The van der Waals surface area contributed by atoms with Crippen molar-refractivity contribution in [1.29, 1.82) is 0 Å². The van der Waals surface area contributed by atoms with Crippen LogP contribution >= 0.6 is 11.3 Å². The van der Waals surface area contributed by atoms with Crippen LogP contribution in [0.3, 0.4) is 0 Å². The highest BCUT2D eigenvalue weighted by Crippen LogP contribution is 2.32. The van der Waals surface area contributed by atoms with Crippen LogP contribution in [-0.4, -0.2) is 20.5 Å². The number of aromatic carboxylic acids is 1. The molecule has 0 amide bonds. The summed E-state index contributed by atoms with van der Waals surface area (Å²) in [6.45, 7) is 8.16. The van der Waals surface area contributed by atoms with Gasteiger partial charge in [0.25, 0.3) is 0 Å². The van der Waals surface area contributed by atoms with Gasteiger partial charge in [0, 0.05) is 17.0 Å². The van der Waals surface area contributed by atoms with Crippen molar-refractivity contribution in [1.82, 2.24) is 9.38 Å². The number of hydrogen-bond acceptors (Lipinski definition) is 3. The average Bonchev–Trinajstić information content (AvgIpc) is 2.99. The van der Waals surface area contributed by atoms with Crippen molar-refractivity contribution in [2.75, 3.05) is 0 Å². The molecule has 0 aliphatic heterocycles. The highest BCUT2D eigenvalue weighted by atomic mass is 32.1. The molecule has 1 aromatic carbocycles. The molecule has 114 valence electrons. The summed E-state index contributed by atoms with van der Waals surface area (Å²) in [5, 5.41) is 9.33. The van der Waals surface area contributed by atoms with E-state index in [-0.39, 0.29) is 0 Å². The molecule has 22 heavy (non-hydrogen) atoms. The third-order valence-corrected chi connectivity index (χ3v) is 5.18. The van der Waals surface area contributed by atoms with Crippen molar-refractivity contribution in [3.63, 3.8) is 0 Å². The molecule has 0 atom stereocenters. The molecule has 0 saturated carbocycles. The number of carboxylic acids is 1. The number of benzene rings is 1. The highest BCUT2D eigenvalue weighted by molar-refractivity contribution is 7.19. The Balaban J connectivity index is 2.25. The Labute approximate surface area is 133 Å². The number of nitrogens with zero attached hydrogens (tertiary/aromatic N) is 2. The molecule has 3 rings (SSSR count). The Hall–Kier alpha value is -2.14. The standard InChI is InChI=1S/C17H18N2O2S/c1-5-13-15(16(20)21)22-17-18-14(11(4)19(13)17)12-7-6-9(2)10(3)8-12/h6-8H,5H2,1-4H3,(H,20,21). The minimum Gasteiger partial charge on any atom is -0.477 e. The molecule has 0 fully saturated rings. The Morgan fingerprint density at radius 3 is 2.59 bits per heavy atom. The lowest BCUT2D eigenvalue weighted by atomic mass is 10.0. The first-order valence-corrected chi connectivity index (χ1v) is 8.07. The quantitative estimate of drug-likeness (QED) is 0.786. The van der Waals surface area contributed by atoms with Gasteiger partial charge in [0.2, 0.25) is 0 Å². The monoisotopic (exact) mass is 314 g/mol. The number of thiazole rings is 1. The van der Waals surface area contributed by atoms with Crippen molar-refractivity contribution >= 4 is 22.3 Å². The van der Waals surface area contributed by atoms with E-state index in [2.05, 4.69) is 37.0 Å². The second-order valence-corrected chi connectivity index (χ2v) is 6.48. The van der Waals surface area contributed by atoms with E-state index in [1.165, 1.54) is 22.5 Å². The maximum Gasteiger partial charge on any atom is 0.347 e. The minimum absolute atomic E-state index is 0.389. The summed E-state index contributed by atoms with van der Waals surface area (Å²) in [4.78, 5) is 17.2. The summed E-state index contributed by atoms with van der Waals surface area (Å²) >= 11 is 1.25. The number of imidazole rings is 1. The topological polar surface area (TPSA) is 54.6 Å². The Morgan fingerprint density at radius 2 is 2.00 bits per heavy atom. The summed E-state index contributed by atoms with van der Waals surface area (Å²) in [6, 6.07) is 6.31. The van der Waals surface area contributed by atoms with E-state index in [4.69, 9.17) is 0 Å². The van der Waals surface area contributed by atoms with Crippen molar-refractivity contribution in [3.8, 4) is 11.3 Å². The molecule has 3 aromatic rings. The fourth-order valence-electron chi connectivity index (χ4n) is 2.76. The molecule has 4 nitrogen and oxygen atoms in total. The van der Waals surface area contributed by atoms with Crippen LogP contribution in [0.5, 0.6) is 0 Å².